The minimum atomic E-state index is -0.0906. The van der Waals surface area contributed by atoms with Crippen LogP contribution in [0.15, 0.2) is 36.4 Å². The van der Waals surface area contributed by atoms with E-state index in [1.165, 1.54) is 16.7 Å². The molecule has 1 atom stereocenters. The van der Waals surface area contributed by atoms with Gasteiger partial charge >= 0.3 is 0 Å². The molecule has 2 nitrogen and oxygen atoms in total. The zero-order valence-corrected chi connectivity index (χ0v) is 12.0. The summed E-state index contributed by atoms with van der Waals surface area (Å²) < 4.78 is 5.24. The van der Waals surface area contributed by atoms with Crippen molar-refractivity contribution >= 4 is 0 Å². The van der Waals surface area contributed by atoms with E-state index in [1.807, 2.05) is 12.1 Å². The Bertz CT molecular complexity index is 570. The second-order valence-corrected chi connectivity index (χ2v) is 5.01. The molecule has 2 aromatic carbocycles. The first-order valence-electron chi connectivity index (χ1n) is 6.51. The normalized spacial score (nSPS) is 12.3. The van der Waals surface area contributed by atoms with Crippen LogP contribution in [0.3, 0.4) is 0 Å². The van der Waals surface area contributed by atoms with E-state index >= 15 is 0 Å². The number of aryl methyl sites for hydroxylation is 3. The Hall–Kier alpha value is -1.80. The Kier molecular flexibility index (Phi) is 3.91. The summed E-state index contributed by atoms with van der Waals surface area (Å²) in [7, 11) is 1.68. The van der Waals surface area contributed by atoms with Crippen molar-refractivity contribution in [1.82, 2.24) is 0 Å². The largest absolute Gasteiger partial charge is 0.497 e. The van der Waals surface area contributed by atoms with E-state index in [9.17, 15) is 0 Å². The molecular formula is C17H21NO. The molecule has 0 saturated carbocycles. The number of methoxy groups -OCH3 is 1. The van der Waals surface area contributed by atoms with E-state index in [2.05, 4.69) is 45.0 Å². The third-order valence-electron chi connectivity index (χ3n) is 3.67. The van der Waals surface area contributed by atoms with Gasteiger partial charge in [0.2, 0.25) is 0 Å². The maximum Gasteiger partial charge on any atom is 0.119 e. The van der Waals surface area contributed by atoms with E-state index < -0.39 is 0 Å². The van der Waals surface area contributed by atoms with Gasteiger partial charge in [-0.1, -0.05) is 24.3 Å². The second kappa shape index (κ2) is 5.45. The lowest BCUT2D eigenvalue weighted by molar-refractivity contribution is 0.414. The van der Waals surface area contributed by atoms with Crippen molar-refractivity contribution in [2.75, 3.05) is 7.11 Å². The van der Waals surface area contributed by atoms with Crippen LogP contribution in [-0.4, -0.2) is 7.11 Å². The van der Waals surface area contributed by atoms with Crippen LogP contribution in [0, 0.1) is 20.8 Å². The van der Waals surface area contributed by atoms with Crippen molar-refractivity contribution in [1.29, 1.82) is 0 Å². The van der Waals surface area contributed by atoms with Crippen molar-refractivity contribution in [3.8, 4) is 5.75 Å². The molecule has 0 bridgehead atoms. The maximum absolute atomic E-state index is 6.47. The molecule has 2 rings (SSSR count). The average molecular weight is 255 g/mol. The van der Waals surface area contributed by atoms with Crippen LogP contribution >= 0.6 is 0 Å². The highest BCUT2D eigenvalue weighted by Crippen LogP contribution is 2.29. The first kappa shape index (κ1) is 13.6. The molecule has 0 heterocycles. The van der Waals surface area contributed by atoms with Gasteiger partial charge in [0.15, 0.2) is 0 Å². The number of hydrogen-bond acceptors (Lipinski definition) is 2. The summed E-state index contributed by atoms with van der Waals surface area (Å²) in [6.45, 7) is 6.30. The Balaban J connectivity index is 2.47. The molecule has 2 N–H and O–H groups in total. The molecule has 100 valence electrons. The maximum atomic E-state index is 6.47. The van der Waals surface area contributed by atoms with E-state index in [0.717, 1.165) is 16.9 Å². The zero-order valence-electron chi connectivity index (χ0n) is 12.0. The fraction of sp³-hybridized carbons (Fsp3) is 0.294. The predicted molar refractivity (Wildman–Crippen MR) is 79.7 cm³/mol. The topological polar surface area (TPSA) is 35.2 Å². The van der Waals surface area contributed by atoms with Gasteiger partial charge in [0.25, 0.3) is 0 Å². The van der Waals surface area contributed by atoms with Gasteiger partial charge in [-0.3, -0.25) is 0 Å². The highest BCUT2D eigenvalue weighted by molar-refractivity contribution is 5.45. The van der Waals surface area contributed by atoms with Crippen LogP contribution in [0.1, 0.15) is 33.9 Å². The van der Waals surface area contributed by atoms with E-state index in [1.54, 1.807) is 7.11 Å². The van der Waals surface area contributed by atoms with Gasteiger partial charge in [-0.25, -0.2) is 0 Å². The fourth-order valence-corrected chi connectivity index (χ4v) is 2.60. The molecule has 0 aliphatic rings. The Morgan fingerprint density at radius 1 is 0.947 bits per heavy atom. The first-order chi connectivity index (χ1) is 9.04. The molecule has 0 amide bonds. The smallest absolute Gasteiger partial charge is 0.119 e. The third kappa shape index (κ3) is 2.64. The summed E-state index contributed by atoms with van der Waals surface area (Å²) in [4.78, 5) is 0. The van der Waals surface area contributed by atoms with E-state index in [-0.39, 0.29) is 6.04 Å². The highest BCUT2D eigenvalue weighted by Gasteiger charge is 2.15. The van der Waals surface area contributed by atoms with E-state index in [4.69, 9.17) is 10.5 Å². The van der Waals surface area contributed by atoms with Crippen LogP contribution in [0.2, 0.25) is 0 Å². The monoisotopic (exact) mass is 255 g/mol. The van der Waals surface area contributed by atoms with Crippen LogP contribution in [-0.2, 0) is 0 Å². The van der Waals surface area contributed by atoms with Crippen LogP contribution in [0.5, 0.6) is 5.75 Å². The quantitative estimate of drug-likeness (QED) is 0.908. The molecule has 0 aliphatic heterocycles. The van der Waals surface area contributed by atoms with Gasteiger partial charge < -0.3 is 10.5 Å². The van der Waals surface area contributed by atoms with Crippen molar-refractivity contribution in [2.24, 2.45) is 5.73 Å². The summed E-state index contributed by atoms with van der Waals surface area (Å²) >= 11 is 0. The first-order valence-corrected chi connectivity index (χ1v) is 6.51. The number of ether oxygens (including phenoxy) is 1. The molecule has 1 unspecified atom stereocenters. The molecule has 0 radical (unpaired) electrons. The molecular weight excluding hydrogens is 234 g/mol. The summed E-state index contributed by atoms with van der Waals surface area (Å²) in [5.41, 5.74) is 12.5. The van der Waals surface area contributed by atoms with Crippen molar-refractivity contribution < 1.29 is 4.74 Å². The average Bonchev–Trinajstić information content (AvgIpc) is 2.38. The predicted octanol–water partition coefficient (Wildman–Crippen LogP) is 3.67. The second-order valence-electron chi connectivity index (χ2n) is 5.01. The zero-order chi connectivity index (χ0) is 14.0. The lowest BCUT2D eigenvalue weighted by Crippen LogP contribution is -2.16. The van der Waals surface area contributed by atoms with Crippen LogP contribution in [0.25, 0.3) is 0 Å². The summed E-state index contributed by atoms with van der Waals surface area (Å²) in [5.74, 6) is 0.870. The van der Waals surface area contributed by atoms with E-state index in [0.29, 0.717) is 0 Å². The molecule has 2 heteroatoms. The molecule has 0 spiro atoms. The minimum Gasteiger partial charge on any atom is -0.497 e. The Labute approximate surface area is 115 Å². The molecule has 0 aromatic heterocycles. The van der Waals surface area contributed by atoms with Crippen molar-refractivity contribution in [3.63, 3.8) is 0 Å². The molecule has 0 fully saturated rings. The number of hydrogen-bond donors (Lipinski definition) is 1. The van der Waals surface area contributed by atoms with Gasteiger partial charge in [-0.15, -0.1) is 0 Å². The van der Waals surface area contributed by atoms with Gasteiger partial charge in [-0.05, 0) is 60.7 Å². The number of benzene rings is 2. The van der Waals surface area contributed by atoms with Gasteiger partial charge in [0.1, 0.15) is 5.75 Å². The van der Waals surface area contributed by atoms with Crippen LogP contribution in [0.4, 0.5) is 0 Å². The minimum absolute atomic E-state index is 0.0906. The number of nitrogens with two attached hydrogens (primary N) is 1. The SMILES string of the molecule is COc1ccc(C(N)c2c(C)cccc2C)c(C)c1. The lowest BCUT2D eigenvalue weighted by Gasteiger charge is -2.20. The van der Waals surface area contributed by atoms with Gasteiger partial charge in [-0.2, -0.15) is 0 Å². The molecule has 0 saturated heterocycles. The Morgan fingerprint density at radius 3 is 2.11 bits per heavy atom. The summed E-state index contributed by atoms with van der Waals surface area (Å²) in [6, 6.07) is 12.3. The fourth-order valence-electron chi connectivity index (χ4n) is 2.60. The molecule has 0 aliphatic carbocycles. The van der Waals surface area contributed by atoms with Gasteiger partial charge in [0.05, 0.1) is 13.2 Å². The van der Waals surface area contributed by atoms with Crippen LogP contribution < -0.4 is 10.5 Å². The van der Waals surface area contributed by atoms with Crippen molar-refractivity contribution in [3.05, 3.63) is 64.2 Å². The number of rotatable bonds is 3. The Morgan fingerprint density at radius 2 is 1.58 bits per heavy atom. The standard InChI is InChI=1S/C17H21NO/c1-11-6-5-7-12(2)16(11)17(18)15-9-8-14(19-4)10-13(15)3/h5-10,17H,18H2,1-4H3. The highest BCUT2D eigenvalue weighted by atomic mass is 16.5. The molecule has 2 aromatic rings. The van der Waals surface area contributed by atoms with Gasteiger partial charge in [0, 0.05) is 0 Å². The lowest BCUT2D eigenvalue weighted by atomic mass is 9.90. The van der Waals surface area contributed by atoms with Crippen molar-refractivity contribution in [2.45, 2.75) is 26.8 Å². The summed E-state index contributed by atoms with van der Waals surface area (Å²) in [5, 5.41) is 0. The molecule has 19 heavy (non-hydrogen) atoms. The third-order valence-corrected chi connectivity index (χ3v) is 3.67. The summed E-state index contributed by atoms with van der Waals surface area (Å²) in [6.07, 6.45) is 0.